The molecule has 0 fully saturated rings. The molecule has 2 aromatic rings. The third kappa shape index (κ3) is 2.77. The van der Waals surface area contributed by atoms with Gasteiger partial charge in [0.2, 0.25) is 5.90 Å². The van der Waals surface area contributed by atoms with Crippen LogP contribution in [0.3, 0.4) is 0 Å². The van der Waals surface area contributed by atoms with Gasteiger partial charge in [0.25, 0.3) is 0 Å². The molecule has 0 N–H and O–H groups in total. The maximum absolute atomic E-state index is 5.80. The van der Waals surface area contributed by atoms with Crippen molar-refractivity contribution in [2.24, 2.45) is 4.99 Å². The molecule has 3 nitrogen and oxygen atoms in total. The highest BCUT2D eigenvalue weighted by atomic mass is 16.5. The number of ether oxygens (including phenoxy) is 2. The van der Waals surface area contributed by atoms with Crippen LogP contribution in [0.25, 0.3) is 11.1 Å². The summed E-state index contributed by atoms with van der Waals surface area (Å²) in [4.78, 5) is 4.69. The molecule has 0 aromatic heterocycles. The summed E-state index contributed by atoms with van der Waals surface area (Å²) in [7, 11) is 1.68. The first kappa shape index (κ1) is 13.7. The van der Waals surface area contributed by atoms with Gasteiger partial charge in [-0.1, -0.05) is 30.3 Å². The minimum atomic E-state index is -0.163. The molecule has 1 heterocycles. The lowest BCUT2D eigenvalue weighted by molar-refractivity contribution is 0.279. The van der Waals surface area contributed by atoms with Gasteiger partial charge in [-0.25, -0.2) is 4.99 Å². The number of hydrogen-bond acceptors (Lipinski definition) is 3. The van der Waals surface area contributed by atoms with Crippen molar-refractivity contribution in [1.82, 2.24) is 0 Å². The lowest BCUT2D eigenvalue weighted by atomic mass is 9.99. The van der Waals surface area contributed by atoms with E-state index in [1.807, 2.05) is 36.4 Å². The van der Waals surface area contributed by atoms with Crippen molar-refractivity contribution in [3.8, 4) is 16.9 Å². The van der Waals surface area contributed by atoms with Crippen LogP contribution < -0.4 is 4.74 Å². The third-order valence-corrected chi connectivity index (χ3v) is 3.51. The van der Waals surface area contributed by atoms with Crippen LogP contribution in [0.1, 0.15) is 19.4 Å². The summed E-state index contributed by atoms with van der Waals surface area (Å²) in [6.45, 7) is 4.76. The van der Waals surface area contributed by atoms with Gasteiger partial charge in [-0.2, -0.15) is 0 Å². The van der Waals surface area contributed by atoms with E-state index in [1.165, 1.54) is 0 Å². The van der Waals surface area contributed by atoms with Crippen LogP contribution in [0.4, 0.5) is 0 Å². The lowest BCUT2D eigenvalue weighted by Gasteiger charge is -2.11. The third-order valence-electron chi connectivity index (χ3n) is 3.51. The molecule has 0 unspecified atom stereocenters. The van der Waals surface area contributed by atoms with Gasteiger partial charge in [0.05, 0.1) is 12.6 Å². The number of benzene rings is 2. The van der Waals surface area contributed by atoms with Crippen molar-refractivity contribution in [1.29, 1.82) is 0 Å². The molecule has 21 heavy (non-hydrogen) atoms. The van der Waals surface area contributed by atoms with E-state index in [-0.39, 0.29) is 5.54 Å². The molecule has 0 bridgehead atoms. The minimum Gasteiger partial charge on any atom is -0.497 e. The lowest BCUT2D eigenvalue weighted by Crippen LogP contribution is -2.17. The van der Waals surface area contributed by atoms with Crippen LogP contribution in [0.15, 0.2) is 53.5 Å². The minimum absolute atomic E-state index is 0.163. The summed E-state index contributed by atoms with van der Waals surface area (Å²) < 4.78 is 11.2. The van der Waals surface area contributed by atoms with Gasteiger partial charge in [0.1, 0.15) is 12.4 Å². The topological polar surface area (TPSA) is 30.8 Å². The average molecular weight is 281 g/mol. The molecule has 1 aliphatic rings. The zero-order valence-electron chi connectivity index (χ0n) is 12.6. The van der Waals surface area contributed by atoms with Crippen LogP contribution in [0.2, 0.25) is 0 Å². The Morgan fingerprint density at radius 3 is 2.43 bits per heavy atom. The predicted molar refractivity (Wildman–Crippen MR) is 85.0 cm³/mol. The second kappa shape index (κ2) is 5.24. The van der Waals surface area contributed by atoms with Crippen LogP contribution >= 0.6 is 0 Å². The van der Waals surface area contributed by atoms with E-state index in [1.54, 1.807) is 7.11 Å². The maximum atomic E-state index is 5.80. The summed E-state index contributed by atoms with van der Waals surface area (Å²) in [5, 5.41) is 0. The van der Waals surface area contributed by atoms with Crippen molar-refractivity contribution in [2.45, 2.75) is 19.4 Å². The van der Waals surface area contributed by atoms with Gasteiger partial charge in [-0.15, -0.1) is 0 Å². The Kier molecular flexibility index (Phi) is 3.42. The Labute approximate surface area is 125 Å². The van der Waals surface area contributed by atoms with Gasteiger partial charge >= 0.3 is 0 Å². The van der Waals surface area contributed by atoms with E-state index in [0.717, 1.165) is 22.4 Å². The van der Waals surface area contributed by atoms with Crippen LogP contribution in [-0.4, -0.2) is 25.2 Å². The van der Waals surface area contributed by atoms with Gasteiger partial charge in [0, 0.05) is 5.56 Å². The SMILES string of the molecule is COc1ccc(C2=NC(C)(C)CO2)c(-c2ccccc2)c1. The Bertz CT molecular complexity index is 675. The monoisotopic (exact) mass is 281 g/mol. The van der Waals surface area contributed by atoms with E-state index in [9.17, 15) is 0 Å². The van der Waals surface area contributed by atoms with E-state index in [2.05, 4.69) is 31.0 Å². The van der Waals surface area contributed by atoms with Gasteiger partial charge in [-0.05, 0) is 43.2 Å². The molecule has 108 valence electrons. The number of hydrogen-bond donors (Lipinski definition) is 0. The molecule has 3 rings (SSSR count). The zero-order valence-corrected chi connectivity index (χ0v) is 12.6. The van der Waals surface area contributed by atoms with Gasteiger partial charge < -0.3 is 9.47 Å². The van der Waals surface area contributed by atoms with Crippen LogP contribution in [-0.2, 0) is 4.74 Å². The molecule has 0 atom stereocenters. The summed E-state index contributed by atoms with van der Waals surface area (Å²) in [6.07, 6.45) is 0. The molecule has 0 spiro atoms. The quantitative estimate of drug-likeness (QED) is 0.853. The Morgan fingerprint density at radius 2 is 1.81 bits per heavy atom. The molecular weight excluding hydrogens is 262 g/mol. The highest BCUT2D eigenvalue weighted by Gasteiger charge is 2.28. The number of aliphatic imine (C=N–C) groups is 1. The second-order valence-corrected chi connectivity index (χ2v) is 5.80. The summed E-state index contributed by atoms with van der Waals surface area (Å²) >= 11 is 0. The van der Waals surface area contributed by atoms with E-state index in [4.69, 9.17) is 9.47 Å². The Hall–Kier alpha value is -2.29. The Morgan fingerprint density at radius 1 is 1.05 bits per heavy atom. The molecule has 0 saturated carbocycles. The van der Waals surface area contributed by atoms with Crippen LogP contribution in [0, 0.1) is 0 Å². The smallest absolute Gasteiger partial charge is 0.217 e. The molecular formula is C18H19NO2. The molecule has 0 amide bonds. The summed E-state index contributed by atoms with van der Waals surface area (Å²) in [6, 6.07) is 16.2. The highest BCUT2D eigenvalue weighted by molar-refractivity contribution is 6.02. The van der Waals surface area contributed by atoms with Crippen LogP contribution in [0.5, 0.6) is 5.75 Å². The number of rotatable bonds is 3. The van der Waals surface area contributed by atoms with E-state index in [0.29, 0.717) is 12.5 Å². The normalized spacial score (nSPS) is 16.2. The van der Waals surface area contributed by atoms with Gasteiger partial charge in [0.15, 0.2) is 0 Å². The molecule has 1 aliphatic heterocycles. The van der Waals surface area contributed by atoms with Crippen molar-refractivity contribution in [3.63, 3.8) is 0 Å². The summed E-state index contributed by atoms with van der Waals surface area (Å²) in [5.41, 5.74) is 3.05. The van der Waals surface area contributed by atoms with E-state index >= 15 is 0 Å². The molecule has 3 heteroatoms. The molecule has 0 saturated heterocycles. The van der Waals surface area contributed by atoms with E-state index < -0.39 is 0 Å². The Balaban J connectivity index is 2.13. The fourth-order valence-corrected chi connectivity index (χ4v) is 2.42. The first-order chi connectivity index (χ1) is 10.1. The number of methoxy groups -OCH3 is 1. The second-order valence-electron chi connectivity index (χ2n) is 5.80. The zero-order chi connectivity index (χ0) is 14.9. The summed E-state index contributed by atoms with van der Waals surface area (Å²) in [5.74, 6) is 1.54. The first-order valence-electron chi connectivity index (χ1n) is 7.05. The predicted octanol–water partition coefficient (Wildman–Crippen LogP) is 3.92. The number of nitrogens with zero attached hydrogens (tertiary/aromatic N) is 1. The molecule has 0 radical (unpaired) electrons. The maximum Gasteiger partial charge on any atom is 0.217 e. The fourth-order valence-electron chi connectivity index (χ4n) is 2.42. The molecule has 2 aromatic carbocycles. The van der Waals surface area contributed by atoms with Crippen molar-refractivity contribution in [2.75, 3.05) is 13.7 Å². The fraction of sp³-hybridized carbons (Fsp3) is 0.278. The first-order valence-corrected chi connectivity index (χ1v) is 7.05. The van der Waals surface area contributed by atoms with Crippen molar-refractivity contribution < 1.29 is 9.47 Å². The molecule has 0 aliphatic carbocycles. The standard InChI is InChI=1S/C18H19NO2/c1-18(2)12-21-17(19-18)15-10-9-14(20-3)11-16(15)13-7-5-4-6-8-13/h4-11H,12H2,1-3H3. The highest BCUT2D eigenvalue weighted by Crippen LogP contribution is 2.31. The average Bonchev–Trinajstić information content (AvgIpc) is 2.87. The van der Waals surface area contributed by atoms with Crippen molar-refractivity contribution in [3.05, 3.63) is 54.1 Å². The van der Waals surface area contributed by atoms with Crippen molar-refractivity contribution >= 4 is 5.90 Å². The van der Waals surface area contributed by atoms with Gasteiger partial charge in [-0.3, -0.25) is 0 Å². The largest absolute Gasteiger partial charge is 0.497 e.